The molecule has 2 nitrogen and oxygen atoms in total. The van der Waals surface area contributed by atoms with Gasteiger partial charge in [0, 0.05) is 43.4 Å². The molecule has 0 saturated heterocycles. The van der Waals surface area contributed by atoms with Gasteiger partial charge in [0.15, 0.2) is 0 Å². The molecule has 0 bridgehead atoms. The molecule has 248 valence electrons. The molecule has 7 aromatic carbocycles. The van der Waals surface area contributed by atoms with Crippen LogP contribution < -0.4 is 0 Å². The Morgan fingerprint density at radius 2 is 0.906 bits per heavy atom. The summed E-state index contributed by atoms with van der Waals surface area (Å²) in [7, 11) is 0. The van der Waals surface area contributed by atoms with Gasteiger partial charge in [0.1, 0.15) is 0 Å². The third kappa shape index (κ3) is 5.50. The van der Waals surface area contributed by atoms with Gasteiger partial charge in [-0.1, -0.05) is 176 Å². The van der Waals surface area contributed by atoms with Crippen LogP contribution in [0.1, 0.15) is 9.60 Å². The van der Waals surface area contributed by atoms with Crippen LogP contribution in [0.2, 0.25) is 0 Å². The van der Waals surface area contributed by atoms with E-state index in [1.165, 1.54) is 20.9 Å². The van der Waals surface area contributed by atoms with Crippen LogP contribution in [0.5, 0.6) is 0 Å². The van der Waals surface area contributed by atoms with Crippen molar-refractivity contribution in [2.24, 2.45) is 0 Å². The van der Waals surface area contributed by atoms with Crippen molar-refractivity contribution in [2.75, 3.05) is 0 Å². The summed E-state index contributed by atoms with van der Waals surface area (Å²) in [5, 5.41) is 1.61. The summed E-state index contributed by atoms with van der Waals surface area (Å²) >= 11 is 1.80. The van der Waals surface area contributed by atoms with Gasteiger partial charge in [-0.15, -0.1) is 11.3 Å². The Morgan fingerprint density at radius 1 is 0.415 bits per heavy atom. The Morgan fingerprint density at radius 3 is 1.55 bits per heavy atom. The number of aromatic nitrogens is 2. The largest absolute Gasteiger partial charge is 0.254 e. The third-order valence-electron chi connectivity index (χ3n) is 9.66. The van der Waals surface area contributed by atoms with Crippen LogP contribution in [0.15, 0.2) is 194 Å². The molecule has 10 aromatic rings. The summed E-state index contributed by atoms with van der Waals surface area (Å²) in [5.41, 5.74) is 9.78. The second kappa shape index (κ2) is 13.1. The van der Waals surface area contributed by atoms with E-state index in [2.05, 4.69) is 102 Å². The molecule has 10 rings (SSSR count). The summed E-state index contributed by atoms with van der Waals surface area (Å²) in [5.74, 6) is 0. The quantitative estimate of drug-likeness (QED) is 0.161. The van der Waals surface area contributed by atoms with Crippen molar-refractivity contribution in [3.05, 3.63) is 194 Å². The highest BCUT2D eigenvalue weighted by Crippen LogP contribution is 2.52. The van der Waals surface area contributed by atoms with Crippen LogP contribution in [0.4, 0.5) is 0 Å². The molecule has 0 fully saturated rings. The maximum Gasteiger partial charge on any atom is 0.0972 e. The average Bonchev–Trinajstić information content (AvgIpc) is 3.70. The van der Waals surface area contributed by atoms with Crippen molar-refractivity contribution in [1.82, 2.24) is 9.97 Å². The van der Waals surface area contributed by atoms with Gasteiger partial charge in [0.25, 0.3) is 0 Å². The number of benzene rings is 7. The van der Waals surface area contributed by atoms with Crippen molar-refractivity contribution in [1.29, 1.82) is 0 Å². The number of rotatable bonds is 6. The lowest BCUT2D eigenvalue weighted by Gasteiger charge is -2.13. The van der Waals surface area contributed by atoms with Gasteiger partial charge in [-0.3, -0.25) is 4.98 Å². The van der Waals surface area contributed by atoms with Gasteiger partial charge in [0.05, 0.1) is 26.3 Å². The zero-order chi connectivity index (χ0) is 41.2. The molecule has 3 heteroatoms. The third-order valence-corrected chi connectivity index (χ3v) is 10.9. The van der Waals surface area contributed by atoms with Crippen LogP contribution in [-0.2, 0) is 0 Å². The first kappa shape index (κ1) is 24.5. The molecule has 0 spiro atoms. The Bertz CT molecular complexity index is 3320. The molecule has 0 aliphatic heterocycles. The number of nitrogens with zero attached hydrogens (tertiary/aromatic N) is 2. The lowest BCUT2D eigenvalue weighted by Crippen LogP contribution is -1.91. The first-order valence-electron chi connectivity index (χ1n) is 20.8. The fourth-order valence-electron chi connectivity index (χ4n) is 7.19. The van der Waals surface area contributed by atoms with E-state index in [0.29, 0.717) is 5.56 Å². The van der Waals surface area contributed by atoms with Crippen LogP contribution in [0, 0.1) is 0 Å². The Labute approximate surface area is 322 Å². The minimum absolute atomic E-state index is 0.000654. The number of pyridine rings is 2. The second-order valence-corrected chi connectivity index (χ2v) is 13.8. The molecule has 53 heavy (non-hydrogen) atoms. The molecule has 3 aromatic heterocycles. The van der Waals surface area contributed by atoms with E-state index in [-0.39, 0.29) is 57.7 Å². The molecule has 0 N–H and O–H groups in total. The van der Waals surface area contributed by atoms with Gasteiger partial charge in [0.2, 0.25) is 0 Å². The van der Waals surface area contributed by atoms with E-state index in [0.717, 1.165) is 44.2 Å². The van der Waals surface area contributed by atoms with Gasteiger partial charge in [-0.05, 0) is 56.2 Å². The van der Waals surface area contributed by atoms with Gasteiger partial charge in [-0.25, -0.2) is 4.98 Å². The number of fused-ring (bicyclic) bond motifs is 4. The van der Waals surface area contributed by atoms with E-state index in [1.807, 2.05) is 54.6 Å². The highest BCUT2D eigenvalue weighted by atomic mass is 32.1. The zero-order valence-electron chi connectivity index (χ0n) is 35.2. The van der Waals surface area contributed by atoms with Crippen molar-refractivity contribution >= 4 is 43.9 Å². The number of hydrogen-bond donors (Lipinski definition) is 0. The first-order chi connectivity index (χ1) is 29.2. The minimum Gasteiger partial charge on any atom is -0.254 e. The number of hydrogen-bond acceptors (Lipinski definition) is 3. The normalized spacial score (nSPS) is 13.2. The van der Waals surface area contributed by atoms with Crippen molar-refractivity contribution in [3.8, 4) is 65.5 Å². The fourth-order valence-corrected chi connectivity index (χ4v) is 8.54. The summed E-state index contributed by atoms with van der Waals surface area (Å²) in [6.45, 7) is 0. The molecular formula is C50H32N2S. The second-order valence-electron chi connectivity index (χ2n) is 12.8. The van der Waals surface area contributed by atoms with E-state index in [9.17, 15) is 0 Å². The standard InChI is InChI=1S/C50H32N2S/c1-4-13-34(14-5-1)45-46(35-15-6-2-7-16-35)50(53-49(45)38-17-8-3-9-18-38)39-26-22-33(23-27-39)40-29-30-43(42-21-11-10-20-41(40)42)44-31-28-37-25-24-36-19-12-32-51-47(36)48(37)52-44/h1-32H/i12D,19D,24D,25D,28D,31D,32D. The van der Waals surface area contributed by atoms with Crippen LogP contribution in [0.25, 0.3) is 98.1 Å². The Balaban J connectivity index is 1.13. The highest BCUT2D eigenvalue weighted by molar-refractivity contribution is 7.20. The summed E-state index contributed by atoms with van der Waals surface area (Å²) in [6.07, 6.45) is -0.458. The highest BCUT2D eigenvalue weighted by Gasteiger charge is 2.23. The van der Waals surface area contributed by atoms with Crippen LogP contribution in [0.3, 0.4) is 0 Å². The van der Waals surface area contributed by atoms with E-state index >= 15 is 0 Å². The molecular weight excluding hydrogens is 661 g/mol. The predicted molar refractivity (Wildman–Crippen MR) is 225 cm³/mol. The van der Waals surface area contributed by atoms with Crippen LogP contribution in [-0.4, -0.2) is 9.97 Å². The average molecular weight is 700 g/mol. The molecule has 0 atom stereocenters. The topological polar surface area (TPSA) is 25.8 Å². The first-order valence-corrected chi connectivity index (χ1v) is 18.2. The summed E-state index contributed by atoms with van der Waals surface area (Å²) < 4.78 is 60.3. The van der Waals surface area contributed by atoms with Crippen molar-refractivity contribution in [3.63, 3.8) is 0 Å². The molecule has 0 amide bonds. The summed E-state index contributed by atoms with van der Waals surface area (Å²) in [6, 6.07) is 50.0. The van der Waals surface area contributed by atoms with Crippen molar-refractivity contribution in [2.45, 2.75) is 0 Å². The molecule has 0 saturated carbocycles. The predicted octanol–water partition coefficient (Wildman–Crippen LogP) is 14.0. The fraction of sp³-hybridized carbons (Fsp3) is 0. The molecule has 0 aliphatic rings. The molecule has 0 unspecified atom stereocenters. The van der Waals surface area contributed by atoms with Crippen molar-refractivity contribution < 1.29 is 9.60 Å². The van der Waals surface area contributed by atoms with E-state index in [1.54, 1.807) is 11.3 Å². The van der Waals surface area contributed by atoms with Gasteiger partial charge < -0.3 is 0 Å². The maximum absolute atomic E-state index is 9.10. The minimum atomic E-state index is -0.458. The Kier molecular flexibility index (Phi) is 6.07. The molecule has 0 radical (unpaired) electrons. The lowest BCUT2D eigenvalue weighted by atomic mass is 9.90. The molecule has 0 aliphatic carbocycles. The molecule has 3 heterocycles. The van der Waals surface area contributed by atoms with Crippen LogP contribution >= 0.6 is 11.3 Å². The van der Waals surface area contributed by atoms with E-state index < -0.39 is 12.2 Å². The monoisotopic (exact) mass is 699 g/mol. The summed E-state index contributed by atoms with van der Waals surface area (Å²) in [4.78, 5) is 11.4. The van der Waals surface area contributed by atoms with Gasteiger partial charge >= 0.3 is 0 Å². The smallest absolute Gasteiger partial charge is 0.0972 e. The van der Waals surface area contributed by atoms with E-state index in [4.69, 9.17) is 14.6 Å². The maximum atomic E-state index is 9.10. The number of thiophene rings is 1. The Hall–Kier alpha value is -6.68. The zero-order valence-corrected chi connectivity index (χ0v) is 29.1. The van der Waals surface area contributed by atoms with Gasteiger partial charge in [-0.2, -0.15) is 0 Å². The lowest BCUT2D eigenvalue weighted by molar-refractivity contribution is 1.37. The SMILES string of the molecule is [2H]c1nc2c(c([2H])c1[2H])c([2H])c([2H])c1c([2H])c([2H])c(-c3ccc(-c4ccc(-c5sc(-c6ccccc6)c(-c6ccccc6)c5-c5ccccc5)cc4)c4ccccc34)nc12.